The van der Waals surface area contributed by atoms with Gasteiger partial charge in [-0.25, -0.2) is 9.48 Å². The number of methoxy groups -OCH3 is 3. The zero-order valence-electron chi connectivity index (χ0n) is 14.4. The Morgan fingerprint density at radius 2 is 1.84 bits per heavy atom. The summed E-state index contributed by atoms with van der Waals surface area (Å²) < 4.78 is 22.1. The van der Waals surface area contributed by atoms with Crippen LogP contribution in [0.5, 0.6) is 17.4 Å². The Balaban J connectivity index is 2.22. The van der Waals surface area contributed by atoms with Crippen molar-refractivity contribution in [1.29, 1.82) is 0 Å². The fourth-order valence-electron chi connectivity index (χ4n) is 2.68. The Morgan fingerprint density at radius 3 is 2.52 bits per heavy atom. The molecule has 1 heterocycles. The van der Waals surface area contributed by atoms with Crippen molar-refractivity contribution in [3.63, 3.8) is 0 Å². The first kappa shape index (κ1) is 16.6. The Hall–Kier alpha value is -3.22. The van der Waals surface area contributed by atoms with E-state index in [-0.39, 0.29) is 0 Å². The van der Waals surface area contributed by atoms with E-state index in [1.54, 1.807) is 21.3 Å². The van der Waals surface area contributed by atoms with Crippen molar-refractivity contribution >= 4 is 17.1 Å². The van der Waals surface area contributed by atoms with Crippen molar-refractivity contribution in [3.05, 3.63) is 36.4 Å². The van der Waals surface area contributed by atoms with Gasteiger partial charge in [-0.05, 0) is 24.3 Å². The zero-order valence-corrected chi connectivity index (χ0v) is 14.4. The Labute approximate surface area is 144 Å². The minimum atomic E-state index is -0.797. The number of rotatable bonds is 4. The Kier molecular flexibility index (Phi) is 4.47. The number of nitrogens with zero attached hydrogens (tertiary/aromatic N) is 2. The molecule has 7 nitrogen and oxygen atoms in total. The molecule has 1 aromatic heterocycles. The lowest BCUT2D eigenvalue weighted by molar-refractivity contribution is 0.118. The standard InChI is InChI=1S/C18H18N2O5/c1-20-17(25-18(21)24-4)13-7-5-6-12(16(13)19-20)14-10-11(22-2)8-9-15(14)23-3/h5-10H,1-4H3. The van der Waals surface area contributed by atoms with Gasteiger partial charge in [-0.1, -0.05) is 12.1 Å². The highest BCUT2D eigenvalue weighted by Gasteiger charge is 2.19. The molecule has 0 spiro atoms. The van der Waals surface area contributed by atoms with E-state index in [1.165, 1.54) is 11.8 Å². The smallest absolute Gasteiger partial charge is 0.497 e. The van der Waals surface area contributed by atoms with Gasteiger partial charge in [0.25, 0.3) is 0 Å². The van der Waals surface area contributed by atoms with E-state index in [9.17, 15) is 4.79 Å². The molecule has 3 rings (SSSR count). The van der Waals surface area contributed by atoms with Gasteiger partial charge in [0.05, 0.1) is 26.7 Å². The van der Waals surface area contributed by atoms with Crippen LogP contribution in [0.1, 0.15) is 0 Å². The molecule has 0 bridgehead atoms. The maximum Gasteiger partial charge on any atom is 0.514 e. The minimum absolute atomic E-state index is 0.311. The second-order valence-electron chi connectivity index (χ2n) is 5.25. The van der Waals surface area contributed by atoms with Crippen molar-refractivity contribution in [3.8, 4) is 28.5 Å². The van der Waals surface area contributed by atoms with E-state index in [0.29, 0.717) is 28.3 Å². The van der Waals surface area contributed by atoms with Crippen LogP contribution in [-0.2, 0) is 11.8 Å². The van der Waals surface area contributed by atoms with Gasteiger partial charge in [0.2, 0.25) is 5.88 Å². The number of ether oxygens (including phenoxy) is 4. The first-order valence-electron chi connectivity index (χ1n) is 7.53. The molecule has 0 aliphatic carbocycles. The van der Waals surface area contributed by atoms with Crippen LogP contribution in [0.25, 0.3) is 22.0 Å². The third-order valence-corrected chi connectivity index (χ3v) is 3.85. The first-order valence-corrected chi connectivity index (χ1v) is 7.53. The molecule has 0 amide bonds. The predicted molar refractivity (Wildman–Crippen MR) is 92.3 cm³/mol. The number of carbonyl (C=O) groups is 1. The number of hydrogen-bond donors (Lipinski definition) is 0. The van der Waals surface area contributed by atoms with Crippen LogP contribution in [0, 0.1) is 0 Å². The maximum absolute atomic E-state index is 11.5. The highest BCUT2D eigenvalue weighted by molar-refractivity contribution is 5.98. The number of aromatic nitrogens is 2. The molecule has 0 unspecified atom stereocenters. The van der Waals surface area contributed by atoms with Gasteiger partial charge in [0.1, 0.15) is 17.0 Å². The van der Waals surface area contributed by atoms with Crippen molar-refractivity contribution in [2.45, 2.75) is 0 Å². The van der Waals surface area contributed by atoms with Gasteiger partial charge in [0.15, 0.2) is 0 Å². The highest BCUT2D eigenvalue weighted by Crippen LogP contribution is 2.39. The van der Waals surface area contributed by atoms with E-state index in [0.717, 1.165) is 11.1 Å². The summed E-state index contributed by atoms with van der Waals surface area (Å²) in [5.41, 5.74) is 2.34. The second-order valence-corrected chi connectivity index (χ2v) is 5.25. The van der Waals surface area contributed by atoms with Crippen LogP contribution in [0.3, 0.4) is 0 Å². The number of benzene rings is 2. The molecule has 0 saturated heterocycles. The summed E-state index contributed by atoms with van der Waals surface area (Å²) in [7, 11) is 6.17. The van der Waals surface area contributed by atoms with Gasteiger partial charge in [-0.2, -0.15) is 5.10 Å². The summed E-state index contributed by atoms with van der Waals surface area (Å²) >= 11 is 0. The third kappa shape index (κ3) is 2.96. The molecule has 0 atom stereocenters. The van der Waals surface area contributed by atoms with Crippen molar-refractivity contribution in [2.75, 3.05) is 21.3 Å². The molecule has 0 N–H and O–H groups in total. The maximum atomic E-state index is 11.5. The van der Waals surface area contributed by atoms with E-state index in [1.807, 2.05) is 36.4 Å². The number of aryl methyl sites for hydroxylation is 1. The summed E-state index contributed by atoms with van der Waals surface area (Å²) in [6, 6.07) is 11.2. The number of carbonyl (C=O) groups excluding carboxylic acids is 1. The van der Waals surface area contributed by atoms with Gasteiger partial charge in [-0.15, -0.1) is 0 Å². The van der Waals surface area contributed by atoms with Gasteiger partial charge < -0.3 is 18.9 Å². The first-order chi connectivity index (χ1) is 12.1. The fourth-order valence-corrected chi connectivity index (χ4v) is 2.68. The molecule has 0 fully saturated rings. The molecule has 3 aromatic rings. The number of hydrogen-bond acceptors (Lipinski definition) is 6. The summed E-state index contributed by atoms with van der Waals surface area (Å²) in [5, 5.41) is 5.19. The molecular formula is C18H18N2O5. The van der Waals surface area contributed by atoms with Gasteiger partial charge in [0, 0.05) is 18.2 Å². The highest BCUT2D eigenvalue weighted by atomic mass is 16.7. The van der Waals surface area contributed by atoms with E-state index < -0.39 is 6.16 Å². The topological polar surface area (TPSA) is 71.8 Å². The molecule has 7 heteroatoms. The van der Waals surface area contributed by atoms with Crippen LogP contribution in [0.2, 0.25) is 0 Å². The van der Waals surface area contributed by atoms with E-state index in [4.69, 9.17) is 14.2 Å². The van der Waals surface area contributed by atoms with Crippen molar-refractivity contribution < 1.29 is 23.7 Å². The summed E-state index contributed by atoms with van der Waals surface area (Å²) in [5.74, 6) is 1.70. The summed E-state index contributed by atoms with van der Waals surface area (Å²) in [6.45, 7) is 0. The van der Waals surface area contributed by atoms with Crippen LogP contribution < -0.4 is 14.2 Å². The molecule has 0 aliphatic heterocycles. The van der Waals surface area contributed by atoms with Crippen molar-refractivity contribution in [1.82, 2.24) is 9.78 Å². The van der Waals surface area contributed by atoms with E-state index in [2.05, 4.69) is 9.84 Å². The lowest BCUT2D eigenvalue weighted by Crippen LogP contribution is -2.10. The van der Waals surface area contributed by atoms with Crippen LogP contribution >= 0.6 is 0 Å². The summed E-state index contributed by atoms with van der Waals surface area (Å²) in [6.07, 6.45) is -0.797. The van der Waals surface area contributed by atoms with Crippen LogP contribution in [0.4, 0.5) is 4.79 Å². The average Bonchev–Trinajstić information content (AvgIpc) is 2.96. The molecule has 25 heavy (non-hydrogen) atoms. The van der Waals surface area contributed by atoms with Crippen LogP contribution in [-0.4, -0.2) is 37.3 Å². The lowest BCUT2D eigenvalue weighted by Gasteiger charge is -2.11. The van der Waals surface area contributed by atoms with Crippen LogP contribution in [0.15, 0.2) is 36.4 Å². The Bertz CT molecular complexity index is 933. The lowest BCUT2D eigenvalue weighted by atomic mass is 10.0. The summed E-state index contributed by atoms with van der Waals surface area (Å²) in [4.78, 5) is 11.5. The monoisotopic (exact) mass is 342 g/mol. The Morgan fingerprint density at radius 1 is 1.04 bits per heavy atom. The minimum Gasteiger partial charge on any atom is -0.497 e. The molecule has 130 valence electrons. The molecular weight excluding hydrogens is 324 g/mol. The SMILES string of the molecule is COC(=O)Oc1c2cccc(-c3cc(OC)ccc3OC)c2nn1C. The van der Waals surface area contributed by atoms with Crippen molar-refractivity contribution in [2.24, 2.45) is 7.05 Å². The molecule has 0 saturated carbocycles. The quantitative estimate of drug-likeness (QED) is 0.677. The zero-order chi connectivity index (χ0) is 18.0. The number of fused-ring (bicyclic) bond motifs is 1. The van der Waals surface area contributed by atoms with Gasteiger partial charge in [-0.3, -0.25) is 0 Å². The molecule has 0 radical (unpaired) electrons. The molecule has 0 aliphatic rings. The third-order valence-electron chi connectivity index (χ3n) is 3.85. The normalized spacial score (nSPS) is 10.6. The largest absolute Gasteiger partial charge is 0.514 e. The molecule has 2 aromatic carbocycles. The second kappa shape index (κ2) is 6.72. The predicted octanol–water partition coefficient (Wildman–Crippen LogP) is 3.40. The van der Waals surface area contributed by atoms with E-state index >= 15 is 0 Å². The average molecular weight is 342 g/mol. The van der Waals surface area contributed by atoms with Gasteiger partial charge >= 0.3 is 6.16 Å². The fraction of sp³-hybridized carbons (Fsp3) is 0.222.